The van der Waals surface area contributed by atoms with Crippen LogP contribution >= 0.6 is 0 Å². The van der Waals surface area contributed by atoms with Crippen molar-refractivity contribution >= 4 is 65.7 Å². The minimum absolute atomic E-state index is 0.0178. The zero-order valence-electron chi connectivity index (χ0n) is 88.6. The number of carbonyl (C=O) groups is 11. The van der Waals surface area contributed by atoms with E-state index < -0.39 is 232 Å². The third-order valence-electron chi connectivity index (χ3n) is 27.3. The lowest BCUT2D eigenvalue weighted by Gasteiger charge is -2.52. The third kappa shape index (κ3) is 47.2. The summed E-state index contributed by atoms with van der Waals surface area (Å²) in [7, 11) is 0. The van der Waals surface area contributed by atoms with Gasteiger partial charge in [-0.15, -0.1) is 0 Å². The fourth-order valence-electron chi connectivity index (χ4n) is 19.9. The van der Waals surface area contributed by atoms with E-state index in [0.29, 0.717) is 57.8 Å². The molecule has 6 aliphatic rings. The summed E-state index contributed by atoms with van der Waals surface area (Å²) >= 11 is 0. The number of esters is 11. The summed E-state index contributed by atoms with van der Waals surface area (Å²) < 4.78 is 138. The number of aliphatic hydroxyl groups excluding tert-OH is 1. The van der Waals surface area contributed by atoms with Crippen molar-refractivity contribution in [3.8, 4) is 0 Å². The molecule has 0 radical (unpaired) electrons. The molecule has 33 heteroatoms. The Morgan fingerprint density at radius 1 is 0.270 bits per heavy atom. The number of fused-ring (bicyclic) bond motifs is 2. The van der Waals surface area contributed by atoms with Crippen LogP contribution in [0.25, 0.3) is 0 Å². The summed E-state index contributed by atoms with van der Waals surface area (Å²) in [4.78, 5) is 155. The van der Waals surface area contributed by atoms with E-state index in [-0.39, 0.29) is 25.7 Å². The topological polar surface area (TPSA) is 402 Å². The molecule has 0 aromatic rings. The van der Waals surface area contributed by atoms with Crippen LogP contribution in [0.4, 0.5) is 0 Å². The molecule has 6 aliphatic heterocycles. The number of rotatable bonds is 63. The average molecular weight is 2010 g/mol. The Labute approximate surface area is 842 Å². The first-order chi connectivity index (χ1) is 67.9. The van der Waals surface area contributed by atoms with E-state index in [1.807, 2.05) is 0 Å². The Morgan fingerprint density at radius 2 is 0.546 bits per heavy atom. The van der Waals surface area contributed by atoms with Gasteiger partial charge in [0.15, 0.2) is 105 Å². The maximum absolute atomic E-state index is 15.5. The molecule has 0 spiro atoms. The van der Waals surface area contributed by atoms with Crippen molar-refractivity contribution in [2.24, 2.45) is 0 Å². The van der Waals surface area contributed by atoms with Crippen LogP contribution in [-0.4, -0.2) is 237 Å². The average Bonchev–Trinajstić information content (AvgIpc) is 0.752. The molecule has 0 bridgehead atoms. The lowest BCUT2D eigenvalue weighted by Crippen LogP contribution is -2.69. The van der Waals surface area contributed by atoms with Crippen molar-refractivity contribution in [2.45, 2.75) is 617 Å². The standard InChI is InChI=1S/C108H184O33/c1-16-20-24-27-30-33-36-39-42-45-50-55-61-67-85(117)134-90-73(6)122-105(99(130-81(14)115)95(90)127-78(11)112)139-92-75(8)123-106(138-91-74(7)124-107-101(96(91)128-79(12)113)136-87(119)69-64-58-53-48-49-54-60-66-83(65-59-23-19-4)132-104-103(141-107)94(126-77(10)111)89(72(5)121-104)125-76(9)110)102(137-88(120)70-63-57-52-47-44-41-38-35-32-29-26-22-18-3)97(92)140-108-100(131-82(15)116)98(129-80(13)114)93(84(71-109)133-108)135-86(118)68-62-56-51-46-43-40-37-34-31-28-25-21-17-2/h72-75,83-84,89-109H,16-71H2,1-15H3/t72-,73+,74+,75-,83+,84-,89+,90+,91+,92+,93-,94+,95-,96-,97-,98+,99-,100-,101-,102-,103-,104+,105+,106+,107+,108+/m1/s1. The molecule has 6 heterocycles. The van der Waals surface area contributed by atoms with Gasteiger partial charge >= 0.3 is 65.7 Å². The second-order valence-corrected chi connectivity index (χ2v) is 40.0. The number of aliphatic hydroxyl groups is 1. The van der Waals surface area contributed by atoms with Crippen LogP contribution in [0, 0.1) is 0 Å². The van der Waals surface area contributed by atoms with Gasteiger partial charge in [-0.1, -0.05) is 317 Å². The smallest absolute Gasteiger partial charge is 0.306 e. The van der Waals surface area contributed by atoms with Crippen LogP contribution in [-0.2, 0) is 152 Å². The Kier molecular flexibility index (Phi) is 62.4. The van der Waals surface area contributed by atoms with E-state index in [0.717, 1.165) is 189 Å². The lowest BCUT2D eigenvalue weighted by molar-refractivity contribution is -0.400. The van der Waals surface area contributed by atoms with Crippen LogP contribution in [0.5, 0.6) is 0 Å². The molecule has 141 heavy (non-hydrogen) atoms. The molecule has 0 aromatic carbocycles. The second-order valence-electron chi connectivity index (χ2n) is 40.0. The molecular weight excluding hydrogens is 1830 g/mol. The number of unbranched alkanes of at least 4 members (excludes halogenated alkanes) is 38. The number of carbonyl (C=O) groups excluding carboxylic acids is 11. The minimum atomic E-state index is -2.09. The molecule has 0 unspecified atom stereocenters. The van der Waals surface area contributed by atoms with Gasteiger partial charge in [0.05, 0.1) is 37.1 Å². The molecule has 26 atom stereocenters. The van der Waals surface area contributed by atoms with Crippen LogP contribution in [0.15, 0.2) is 0 Å². The highest BCUT2D eigenvalue weighted by molar-refractivity contribution is 5.73. The molecule has 6 saturated heterocycles. The van der Waals surface area contributed by atoms with E-state index in [9.17, 15) is 53.1 Å². The highest BCUT2D eigenvalue weighted by Crippen LogP contribution is 2.43. The lowest BCUT2D eigenvalue weighted by atomic mass is 9.94. The molecule has 814 valence electrons. The zero-order chi connectivity index (χ0) is 103. The predicted molar refractivity (Wildman–Crippen MR) is 522 cm³/mol. The van der Waals surface area contributed by atoms with Gasteiger partial charge in [0, 0.05) is 74.1 Å². The number of hydrogen-bond donors (Lipinski definition) is 1. The van der Waals surface area contributed by atoms with E-state index in [1.165, 1.54) is 150 Å². The maximum atomic E-state index is 15.5. The molecule has 0 saturated carbocycles. The van der Waals surface area contributed by atoms with Crippen molar-refractivity contribution < 1.29 is 157 Å². The normalized spacial score (nSPS) is 29.6. The van der Waals surface area contributed by atoms with Crippen molar-refractivity contribution in [1.29, 1.82) is 0 Å². The summed E-state index contributed by atoms with van der Waals surface area (Å²) in [6, 6.07) is 0. The SMILES string of the molecule is CCCCCCCCCCCCCCCC(=O)O[C@@H]1[C@@H](OC(C)=O)[C@@H](OC(C)=O)[C@H](O[C@@H]2[C@@H](O[C@@H]3O[C@H](CO)[C@@H](OC(=O)CCCCCCCCCCCCCCC)[C@H](OC(C)=O)[C@H]3OC(C)=O)[C@@H](OC(=O)CCCCCCCCCCCCCCC)[C@H](O[C@@H]3[C@@H](OC(C)=O)[C@H]4OC(=O)CCCCCCCCC[C@H](CCCCC)O[C@@H]5O[C@H](C)[C@H](OC(C)=O)[C@H](OC(C)=O)[C@H]5O[C@@H]4O[C@H]3C)O[C@@H]2C)O[C@H]1C. The van der Waals surface area contributed by atoms with E-state index in [2.05, 4.69) is 27.7 Å². The Balaban J connectivity index is 1.51. The van der Waals surface area contributed by atoms with E-state index >= 15 is 4.79 Å². The largest absolute Gasteiger partial charge is 0.456 e. The highest BCUT2D eigenvalue weighted by Gasteiger charge is 2.62. The van der Waals surface area contributed by atoms with Crippen LogP contribution in [0.1, 0.15) is 457 Å². The van der Waals surface area contributed by atoms with E-state index in [4.69, 9.17) is 99.5 Å². The molecule has 1 N–H and O–H groups in total. The molecular formula is C108H184O33. The van der Waals surface area contributed by atoms with Gasteiger partial charge in [-0.25, -0.2) is 0 Å². The van der Waals surface area contributed by atoms with Crippen molar-refractivity contribution in [3.05, 3.63) is 0 Å². The molecule has 0 amide bonds. The quantitative estimate of drug-likeness (QED) is 0.0336. The first kappa shape index (κ1) is 123. The van der Waals surface area contributed by atoms with Gasteiger partial charge in [-0.3, -0.25) is 52.7 Å². The van der Waals surface area contributed by atoms with Crippen molar-refractivity contribution in [3.63, 3.8) is 0 Å². The minimum Gasteiger partial charge on any atom is -0.456 e. The van der Waals surface area contributed by atoms with Crippen molar-refractivity contribution in [1.82, 2.24) is 0 Å². The summed E-state index contributed by atoms with van der Waals surface area (Å²) in [5, 5.41) is 11.6. The van der Waals surface area contributed by atoms with Gasteiger partial charge in [0.2, 0.25) is 0 Å². The molecule has 6 rings (SSSR count). The van der Waals surface area contributed by atoms with Crippen molar-refractivity contribution in [2.75, 3.05) is 6.61 Å². The fraction of sp³-hybridized carbons (Fsp3) is 0.898. The van der Waals surface area contributed by atoms with Crippen LogP contribution in [0.3, 0.4) is 0 Å². The highest BCUT2D eigenvalue weighted by atomic mass is 16.8. The molecule has 33 nitrogen and oxygen atoms in total. The van der Waals surface area contributed by atoms with Crippen LogP contribution < -0.4 is 0 Å². The van der Waals surface area contributed by atoms with Gasteiger partial charge in [0.1, 0.15) is 24.4 Å². The maximum Gasteiger partial charge on any atom is 0.306 e. The third-order valence-corrected chi connectivity index (χ3v) is 27.3. The summed E-state index contributed by atoms with van der Waals surface area (Å²) in [6.07, 6.45) is 6.67. The summed E-state index contributed by atoms with van der Waals surface area (Å²) in [5.41, 5.74) is 0. The molecule has 0 aromatic heterocycles. The fourth-order valence-corrected chi connectivity index (χ4v) is 19.9. The first-order valence-corrected chi connectivity index (χ1v) is 55.1. The number of hydrogen-bond acceptors (Lipinski definition) is 33. The van der Waals surface area contributed by atoms with Crippen LogP contribution in [0.2, 0.25) is 0 Å². The summed E-state index contributed by atoms with van der Waals surface area (Å²) in [5.74, 6) is -9.36. The predicted octanol–water partition coefficient (Wildman–Crippen LogP) is 20.3. The van der Waals surface area contributed by atoms with Gasteiger partial charge in [-0.05, 0) is 66.2 Å². The Morgan fingerprint density at radius 3 is 0.950 bits per heavy atom. The van der Waals surface area contributed by atoms with E-state index in [1.54, 1.807) is 6.92 Å². The Bertz CT molecular complexity index is 3510. The molecule has 6 fully saturated rings. The van der Waals surface area contributed by atoms with Gasteiger partial charge in [0.25, 0.3) is 0 Å². The first-order valence-electron chi connectivity index (χ1n) is 55.1. The van der Waals surface area contributed by atoms with Gasteiger partial charge in [-0.2, -0.15) is 0 Å². The number of ether oxygens (including phenoxy) is 21. The zero-order valence-corrected chi connectivity index (χ0v) is 88.6. The Hall–Kier alpha value is -6.27. The monoisotopic (exact) mass is 2010 g/mol. The summed E-state index contributed by atoms with van der Waals surface area (Å²) in [6.45, 7) is 21.7. The molecule has 0 aliphatic carbocycles. The van der Waals surface area contributed by atoms with Gasteiger partial charge < -0.3 is 105 Å². The second kappa shape index (κ2) is 71.3.